The Morgan fingerprint density at radius 3 is 3.03 bits per heavy atom. The summed E-state index contributed by atoms with van der Waals surface area (Å²) in [5.74, 6) is -1.49. The second-order valence-electron chi connectivity index (χ2n) is 7.01. The Bertz CT molecular complexity index is 1260. The van der Waals surface area contributed by atoms with Crippen molar-refractivity contribution < 1.29 is 11.3 Å². The van der Waals surface area contributed by atoms with Crippen LogP contribution in [0.5, 0.6) is 0 Å². The van der Waals surface area contributed by atoms with Crippen LogP contribution in [0.15, 0.2) is 24.5 Å². The maximum Gasteiger partial charge on any atom is 0.175 e. The molecule has 8 heteroatoms. The Labute approximate surface area is 180 Å². The minimum Gasteiger partial charge on any atom is -0.366 e. The van der Waals surface area contributed by atoms with Crippen LogP contribution in [0.3, 0.4) is 0 Å². The molecule has 6 nitrogen and oxygen atoms in total. The van der Waals surface area contributed by atoms with E-state index in [1.807, 2.05) is 4.90 Å². The van der Waals surface area contributed by atoms with Gasteiger partial charge in [0.05, 0.1) is 11.9 Å². The number of anilines is 1. The number of halogens is 1. The minimum atomic E-state index is -1.36. The summed E-state index contributed by atoms with van der Waals surface area (Å²) in [5.41, 5.74) is 0.617. The first-order valence-corrected chi connectivity index (χ1v) is 10.1. The molecule has 0 saturated carbocycles. The molecule has 1 N–H and O–H groups in total. The summed E-state index contributed by atoms with van der Waals surface area (Å²) in [5, 5.41) is 10.5. The molecule has 1 aliphatic rings. The molecule has 0 bridgehead atoms. The van der Waals surface area contributed by atoms with Crippen molar-refractivity contribution in [1.29, 1.82) is 5.26 Å². The lowest BCUT2D eigenvalue weighted by molar-refractivity contribution is 0.211. The number of aromatic nitrogens is 3. The van der Waals surface area contributed by atoms with Crippen molar-refractivity contribution >= 4 is 27.5 Å². The summed E-state index contributed by atoms with van der Waals surface area (Å²) in [4.78, 5) is 14.3. The van der Waals surface area contributed by atoms with Crippen LogP contribution in [-0.2, 0) is 6.52 Å². The normalized spacial score (nSPS) is 20.7. The predicted molar refractivity (Wildman–Crippen MR) is 112 cm³/mol. The van der Waals surface area contributed by atoms with Crippen molar-refractivity contribution in [2.24, 2.45) is 0 Å². The summed E-state index contributed by atoms with van der Waals surface area (Å²) in [6.45, 7) is 3.23. The molecule has 0 amide bonds. The Balaban J connectivity index is 1.56. The van der Waals surface area contributed by atoms with E-state index >= 15 is 0 Å². The average Bonchev–Trinajstić information content (AvgIpc) is 3.23. The summed E-state index contributed by atoms with van der Waals surface area (Å²) < 4.78 is 56.5. The number of hydrogen-bond donors (Lipinski definition) is 1. The van der Waals surface area contributed by atoms with Crippen molar-refractivity contribution in [3.63, 3.8) is 0 Å². The number of rotatable bonds is 5. The maximum absolute atomic E-state index is 13.6. The van der Waals surface area contributed by atoms with Crippen molar-refractivity contribution in [3.8, 4) is 6.07 Å². The number of fused-ring (bicyclic) bond motifs is 1. The molecule has 2 aromatic heterocycles. The van der Waals surface area contributed by atoms with Gasteiger partial charge in [0.2, 0.25) is 0 Å². The number of nitriles is 1. The Morgan fingerprint density at radius 1 is 1.52 bits per heavy atom. The maximum atomic E-state index is 13.6. The third-order valence-corrected chi connectivity index (χ3v) is 5.90. The van der Waals surface area contributed by atoms with Gasteiger partial charge in [-0.15, -0.1) is 11.3 Å². The van der Waals surface area contributed by atoms with Crippen LogP contribution in [0.25, 0.3) is 10.3 Å². The molecule has 1 unspecified atom stereocenters. The third kappa shape index (κ3) is 4.36. The largest absolute Gasteiger partial charge is 0.366 e. The van der Waals surface area contributed by atoms with Gasteiger partial charge in [-0.25, -0.2) is 19.3 Å². The fraction of sp³-hybridized carbons (Fsp3) is 0.429. The van der Waals surface area contributed by atoms with E-state index < -0.39 is 24.2 Å². The fourth-order valence-electron chi connectivity index (χ4n) is 3.09. The first-order valence-electron chi connectivity index (χ1n) is 11.8. The molecule has 1 atom stereocenters. The smallest absolute Gasteiger partial charge is 0.175 e. The molecule has 0 spiro atoms. The number of thiazole rings is 1. The highest BCUT2D eigenvalue weighted by molar-refractivity contribution is 7.19. The van der Waals surface area contributed by atoms with E-state index in [1.165, 1.54) is 29.5 Å². The molecule has 29 heavy (non-hydrogen) atoms. The molecule has 1 saturated heterocycles. The van der Waals surface area contributed by atoms with Crippen LogP contribution >= 0.6 is 11.3 Å². The van der Waals surface area contributed by atoms with E-state index in [-0.39, 0.29) is 36.2 Å². The SMILES string of the molecule is [2H]c1nc(N([2H])C2([2H])CCN(C([2H])c3ccc(F)c(C#N)c3)CC2)c2sc(C([2H])(C)C)nc2n1. The monoisotopic (exact) mass is 415 g/mol. The molecule has 1 aliphatic heterocycles. The Morgan fingerprint density at radius 2 is 2.31 bits per heavy atom. The van der Waals surface area contributed by atoms with Gasteiger partial charge in [0.15, 0.2) is 7.06 Å². The first-order chi connectivity index (χ1) is 15.9. The highest BCUT2D eigenvalue weighted by Gasteiger charge is 2.21. The topological polar surface area (TPSA) is 77.7 Å². The zero-order chi connectivity index (χ0) is 24.8. The van der Waals surface area contributed by atoms with Crippen LogP contribution in [0, 0.1) is 17.1 Å². The Kier molecular flexibility index (Phi) is 4.16. The first kappa shape index (κ1) is 14.4. The zero-order valence-electron chi connectivity index (χ0n) is 21.1. The van der Waals surface area contributed by atoms with Crippen molar-refractivity contribution in [2.75, 3.05) is 18.4 Å². The third-order valence-electron chi connectivity index (χ3n) is 4.63. The molecule has 1 aromatic carbocycles. The number of likely N-dealkylation sites (tertiary alicyclic amines) is 1. The van der Waals surface area contributed by atoms with E-state index in [1.54, 1.807) is 19.9 Å². The van der Waals surface area contributed by atoms with Crippen molar-refractivity contribution in [1.82, 2.24) is 19.9 Å². The number of nitrogens with one attached hydrogen (secondary N) is 1. The van der Waals surface area contributed by atoms with E-state index in [0.717, 1.165) is 5.31 Å². The summed E-state index contributed by atoms with van der Waals surface area (Å²) in [6.07, 6.45) is 0.149. The summed E-state index contributed by atoms with van der Waals surface area (Å²) in [7, 11) is 0. The molecule has 0 radical (unpaired) electrons. The van der Waals surface area contributed by atoms with Crippen LogP contribution in [0.4, 0.5) is 10.2 Å². The zero-order valence-corrected chi connectivity index (χ0v) is 16.9. The highest BCUT2D eigenvalue weighted by atomic mass is 32.1. The van der Waals surface area contributed by atoms with Crippen LogP contribution in [0.2, 0.25) is 1.41 Å². The van der Waals surface area contributed by atoms with E-state index in [9.17, 15) is 4.39 Å². The molecule has 3 heterocycles. The molecular weight excluding hydrogens is 387 g/mol. The molecule has 3 aromatic rings. The Hall–Kier alpha value is -2.63. The minimum absolute atomic E-state index is 0.113. The molecule has 150 valence electrons. The van der Waals surface area contributed by atoms with E-state index in [2.05, 4.69) is 15.0 Å². The average molecular weight is 416 g/mol. The standard InChI is InChI=1S/C21H23FN6S/c1-13(2)21-27-20-18(29-21)19(24-12-25-20)26-16-5-7-28(8-6-16)11-14-3-4-17(22)15(9-14)10-23/h3-4,9,12-13,16H,5-8,11H2,1-2H3,(H,24,25,26)/i11D,12D,13D,16D/hD. The van der Waals surface area contributed by atoms with Gasteiger partial charge in [0.25, 0.3) is 0 Å². The van der Waals surface area contributed by atoms with E-state index in [0.29, 0.717) is 28.4 Å². The number of benzene rings is 1. The number of nitrogens with zero attached hydrogens (tertiary/aromatic N) is 5. The molecule has 4 rings (SSSR count). The van der Waals surface area contributed by atoms with Gasteiger partial charge in [-0.1, -0.05) is 19.9 Å². The molecule has 1 fully saturated rings. The predicted octanol–water partition coefficient (Wildman–Crippen LogP) is 4.30. The van der Waals surface area contributed by atoms with Gasteiger partial charge in [0.1, 0.15) is 30.1 Å². The lowest BCUT2D eigenvalue weighted by Gasteiger charge is -2.32. The van der Waals surface area contributed by atoms with Crippen molar-refractivity contribution in [3.05, 3.63) is 46.5 Å². The molecular formula is C21H23FN6S. The van der Waals surface area contributed by atoms with Gasteiger partial charge < -0.3 is 5.31 Å². The van der Waals surface area contributed by atoms with Crippen LogP contribution in [0.1, 0.15) is 54.2 Å². The van der Waals surface area contributed by atoms with E-state index in [4.69, 9.17) is 12.2 Å². The van der Waals surface area contributed by atoms with Gasteiger partial charge in [0, 0.05) is 34.3 Å². The quantitative estimate of drug-likeness (QED) is 0.670. The van der Waals surface area contributed by atoms with Gasteiger partial charge in [-0.2, -0.15) is 5.26 Å². The lowest BCUT2D eigenvalue weighted by atomic mass is 10.0. The number of hydrogen-bond acceptors (Lipinski definition) is 7. The van der Waals surface area contributed by atoms with Gasteiger partial charge in [-0.3, -0.25) is 4.90 Å². The molecule has 0 aliphatic carbocycles. The second-order valence-corrected chi connectivity index (χ2v) is 8.01. The fourth-order valence-corrected chi connectivity index (χ4v) is 3.98. The van der Waals surface area contributed by atoms with Crippen molar-refractivity contribution in [2.45, 2.75) is 45.1 Å². The lowest BCUT2D eigenvalue weighted by Crippen LogP contribution is -2.38. The highest BCUT2D eigenvalue weighted by Crippen LogP contribution is 2.31. The summed E-state index contributed by atoms with van der Waals surface area (Å²) >= 11 is 1.19. The summed E-state index contributed by atoms with van der Waals surface area (Å²) in [6, 6.07) is 4.46. The number of piperidine rings is 1. The van der Waals surface area contributed by atoms with Crippen LogP contribution in [-0.4, -0.2) is 39.0 Å². The second kappa shape index (κ2) is 8.39. The van der Waals surface area contributed by atoms with Gasteiger partial charge >= 0.3 is 0 Å². The van der Waals surface area contributed by atoms with Crippen LogP contribution < -0.4 is 5.31 Å². The van der Waals surface area contributed by atoms with Gasteiger partial charge in [-0.05, 0) is 30.5 Å².